The average Bonchev–Trinajstić information content (AvgIpc) is 3.01. The normalized spacial score (nSPS) is 12.0. The number of hydrogen-bond acceptors (Lipinski definition) is 4. The Kier molecular flexibility index (Phi) is 11.8. The summed E-state index contributed by atoms with van der Waals surface area (Å²) in [6, 6.07) is 28.9. The quantitative estimate of drug-likeness (QED) is 0.162. The van der Waals surface area contributed by atoms with E-state index in [0.29, 0.717) is 17.3 Å². The van der Waals surface area contributed by atoms with E-state index in [1.165, 1.54) is 29.2 Å². The lowest BCUT2D eigenvalue weighted by atomic mass is 10.0. The van der Waals surface area contributed by atoms with Gasteiger partial charge in [-0.1, -0.05) is 96.0 Å². The van der Waals surface area contributed by atoms with Crippen molar-refractivity contribution >= 4 is 55.1 Å². The van der Waals surface area contributed by atoms with Gasteiger partial charge in [0, 0.05) is 29.0 Å². The van der Waals surface area contributed by atoms with Gasteiger partial charge < -0.3 is 10.2 Å². The molecule has 0 bridgehead atoms. The number of nitrogens with zero attached hydrogens (tertiary/aromatic N) is 2. The number of aryl methyl sites for hydroxylation is 1. The summed E-state index contributed by atoms with van der Waals surface area (Å²) in [4.78, 5) is 29.8. The predicted octanol–water partition coefficient (Wildman–Crippen LogP) is 7.02. The Morgan fingerprint density at radius 3 is 2.18 bits per heavy atom. The smallest absolute Gasteiger partial charge is 0.264 e. The molecule has 10 heteroatoms. The molecule has 0 aliphatic heterocycles. The van der Waals surface area contributed by atoms with Gasteiger partial charge in [0.2, 0.25) is 11.8 Å². The molecule has 0 aliphatic rings. The first-order valence-electron chi connectivity index (χ1n) is 14.6. The lowest BCUT2D eigenvalue weighted by molar-refractivity contribution is -0.140. The van der Waals surface area contributed by atoms with Gasteiger partial charge in [0.05, 0.1) is 10.6 Å². The minimum atomic E-state index is -4.20. The van der Waals surface area contributed by atoms with Gasteiger partial charge in [-0.05, 0) is 78.1 Å². The molecule has 0 saturated carbocycles. The second-order valence-electron chi connectivity index (χ2n) is 11.3. The zero-order valence-corrected chi connectivity index (χ0v) is 28.6. The second-order valence-corrected chi connectivity index (χ2v) is 14.5. The molecule has 0 spiro atoms. The van der Waals surface area contributed by atoms with Crippen LogP contribution in [-0.2, 0) is 32.6 Å². The summed E-state index contributed by atoms with van der Waals surface area (Å²) in [6.07, 6.45) is 0.249. The molecule has 7 nitrogen and oxygen atoms in total. The summed E-state index contributed by atoms with van der Waals surface area (Å²) < 4.78 is 30.2. The molecule has 0 aliphatic carbocycles. The van der Waals surface area contributed by atoms with Crippen LogP contribution >= 0.6 is 27.5 Å². The van der Waals surface area contributed by atoms with Crippen LogP contribution in [0.5, 0.6) is 0 Å². The molecule has 0 aromatic heterocycles. The third-order valence-electron chi connectivity index (χ3n) is 7.17. The molecule has 2 amide bonds. The standard InChI is InChI=1S/C35H37BrClN3O4S/c1-25(2)22-38-35(42)33(21-27-10-5-4-6-11-27)39(23-28-12-8-13-29(36)20-28)34(41)24-40(31-14-7-9-26(3)19-31)45(43,44)32-17-15-30(37)16-18-32/h4-20,25,33H,21-24H2,1-3H3,(H,38,42). The monoisotopic (exact) mass is 709 g/mol. The van der Waals surface area contributed by atoms with Crippen LogP contribution in [0.4, 0.5) is 5.69 Å². The molecule has 1 N–H and O–H groups in total. The Labute approximate surface area is 279 Å². The van der Waals surface area contributed by atoms with Crippen LogP contribution < -0.4 is 9.62 Å². The van der Waals surface area contributed by atoms with Gasteiger partial charge in [0.1, 0.15) is 12.6 Å². The molecule has 0 heterocycles. The van der Waals surface area contributed by atoms with Gasteiger partial charge >= 0.3 is 0 Å². The molecule has 0 radical (unpaired) electrons. The predicted molar refractivity (Wildman–Crippen MR) is 184 cm³/mol. The maximum Gasteiger partial charge on any atom is 0.264 e. The van der Waals surface area contributed by atoms with Gasteiger partial charge in [0.25, 0.3) is 10.0 Å². The van der Waals surface area contributed by atoms with Crippen molar-refractivity contribution in [2.75, 3.05) is 17.4 Å². The minimum absolute atomic E-state index is 0.00439. The average molecular weight is 711 g/mol. The Bertz CT molecular complexity index is 1720. The summed E-state index contributed by atoms with van der Waals surface area (Å²) in [7, 11) is -4.20. The van der Waals surface area contributed by atoms with Crippen LogP contribution in [0, 0.1) is 12.8 Å². The highest BCUT2D eigenvalue weighted by Crippen LogP contribution is 2.27. The van der Waals surface area contributed by atoms with Crippen molar-refractivity contribution in [2.45, 2.75) is 44.7 Å². The van der Waals surface area contributed by atoms with Crippen molar-refractivity contribution in [1.29, 1.82) is 0 Å². The van der Waals surface area contributed by atoms with Crippen LogP contribution in [0.25, 0.3) is 0 Å². The van der Waals surface area contributed by atoms with Crippen molar-refractivity contribution in [3.63, 3.8) is 0 Å². The van der Waals surface area contributed by atoms with E-state index < -0.39 is 28.5 Å². The van der Waals surface area contributed by atoms with E-state index in [-0.39, 0.29) is 29.7 Å². The first-order valence-corrected chi connectivity index (χ1v) is 17.3. The van der Waals surface area contributed by atoms with Crippen LogP contribution in [0.2, 0.25) is 5.02 Å². The lowest BCUT2D eigenvalue weighted by Gasteiger charge is -2.34. The van der Waals surface area contributed by atoms with Gasteiger partial charge in [-0.25, -0.2) is 8.42 Å². The maximum atomic E-state index is 14.5. The molecular formula is C35H37BrClN3O4S. The molecule has 0 saturated heterocycles. The summed E-state index contributed by atoms with van der Waals surface area (Å²) in [6.45, 7) is 5.85. The number of nitrogens with one attached hydrogen (secondary N) is 1. The van der Waals surface area contributed by atoms with Gasteiger partial charge in [0.15, 0.2) is 0 Å². The summed E-state index contributed by atoms with van der Waals surface area (Å²) >= 11 is 9.56. The number of hydrogen-bond donors (Lipinski definition) is 1. The van der Waals surface area contributed by atoms with E-state index in [1.54, 1.807) is 18.2 Å². The molecule has 1 atom stereocenters. The van der Waals surface area contributed by atoms with E-state index in [9.17, 15) is 18.0 Å². The Morgan fingerprint density at radius 1 is 0.867 bits per heavy atom. The second kappa shape index (κ2) is 15.6. The zero-order chi connectivity index (χ0) is 32.6. The number of halogens is 2. The number of carbonyl (C=O) groups is 2. The van der Waals surface area contributed by atoms with Crippen LogP contribution in [0.15, 0.2) is 112 Å². The highest BCUT2D eigenvalue weighted by Gasteiger charge is 2.34. The molecule has 4 aromatic rings. The van der Waals surface area contributed by atoms with E-state index >= 15 is 0 Å². The van der Waals surface area contributed by atoms with E-state index in [2.05, 4.69) is 21.2 Å². The number of anilines is 1. The van der Waals surface area contributed by atoms with Crippen molar-refractivity contribution in [2.24, 2.45) is 5.92 Å². The maximum absolute atomic E-state index is 14.5. The van der Waals surface area contributed by atoms with E-state index in [4.69, 9.17) is 11.6 Å². The molecule has 0 fully saturated rings. The van der Waals surface area contributed by atoms with Crippen molar-refractivity contribution in [3.8, 4) is 0 Å². The van der Waals surface area contributed by atoms with Crippen LogP contribution in [-0.4, -0.2) is 44.3 Å². The van der Waals surface area contributed by atoms with E-state index in [0.717, 1.165) is 25.5 Å². The topological polar surface area (TPSA) is 86.8 Å². The lowest BCUT2D eigenvalue weighted by Crippen LogP contribution is -2.53. The van der Waals surface area contributed by atoms with Gasteiger partial charge in [-0.15, -0.1) is 0 Å². The fraction of sp³-hybridized carbons (Fsp3) is 0.257. The molecule has 4 aromatic carbocycles. The summed E-state index contributed by atoms with van der Waals surface area (Å²) in [5.41, 5.74) is 2.83. The van der Waals surface area contributed by atoms with Crippen LogP contribution in [0.1, 0.15) is 30.5 Å². The van der Waals surface area contributed by atoms with Crippen molar-refractivity contribution < 1.29 is 18.0 Å². The van der Waals surface area contributed by atoms with Crippen molar-refractivity contribution in [3.05, 3.63) is 129 Å². The fourth-order valence-electron chi connectivity index (χ4n) is 4.85. The first-order chi connectivity index (χ1) is 21.4. The summed E-state index contributed by atoms with van der Waals surface area (Å²) in [5, 5.41) is 3.39. The molecule has 1 unspecified atom stereocenters. The summed E-state index contributed by atoms with van der Waals surface area (Å²) in [5.74, 6) is -0.630. The number of carbonyl (C=O) groups excluding carboxylic acids is 2. The minimum Gasteiger partial charge on any atom is -0.354 e. The number of benzene rings is 4. The Balaban J connectivity index is 1.80. The van der Waals surface area contributed by atoms with Gasteiger partial charge in [-0.2, -0.15) is 0 Å². The number of sulfonamides is 1. The largest absolute Gasteiger partial charge is 0.354 e. The number of amides is 2. The Hall–Kier alpha value is -3.66. The first kappa shape index (κ1) is 34.2. The fourth-order valence-corrected chi connectivity index (χ4v) is 6.83. The SMILES string of the molecule is Cc1cccc(N(CC(=O)N(Cc2cccc(Br)c2)C(Cc2ccccc2)C(=O)NCC(C)C)S(=O)(=O)c2ccc(Cl)cc2)c1. The molecular weight excluding hydrogens is 674 g/mol. The van der Waals surface area contributed by atoms with E-state index in [1.807, 2.05) is 81.4 Å². The van der Waals surface area contributed by atoms with Gasteiger partial charge in [-0.3, -0.25) is 13.9 Å². The van der Waals surface area contributed by atoms with Crippen molar-refractivity contribution in [1.82, 2.24) is 10.2 Å². The highest BCUT2D eigenvalue weighted by molar-refractivity contribution is 9.10. The van der Waals surface area contributed by atoms with Crippen LogP contribution in [0.3, 0.4) is 0 Å². The Morgan fingerprint density at radius 2 is 1.53 bits per heavy atom. The third-order valence-corrected chi connectivity index (χ3v) is 9.70. The third kappa shape index (κ3) is 9.42. The molecule has 4 rings (SSSR count). The number of rotatable bonds is 13. The highest BCUT2D eigenvalue weighted by atomic mass is 79.9. The molecule has 236 valence electrons. The zero-order valence-electron chi connectivity index (χ0n) is 25.5. The molecule has 45 heavy (non-hydrogen) atoms.